The maximum atomic E-state index is 5.32. The number of hydrogen-bond acceptors (Lipinski definition) is 5. The van der Waals surface area contributed by atoms with E-state index in [1.54, 1.807) is 11.3 Å². The van der Waals surface area contributed by atoms with Crippen molar-refractivity contribution in [3.05, 3.63) is 10.0 Å². The molecular formula is C9H15N3OS. The van der Waals surface area contributed by atoms with Crippen LogP contribution in [0.4, 0.5) is 0 Å². The van der Waals surface area contributed by atoms with Crippen molar-refractivity contribution in [3.63, 3.8) is 0 Å². The van der Waals surface area contributed by atoms with Gasteiger partial charge in [-0.3, -0.25) is 0 Å². The summed E-state index contributed by atoms with van der Waals surface area (Å²) in [5.41, 5.74) is 0. The van der Waals surface area contributed by atoms with Gasteiger partial charge in [0.1, 0.15) is 10.0 Å². The van der Waals surface area contributed by atoms with E-state index in [1.165, 1.54) is 5.01 Å². The van der Waals surface area contributed by atoms with Crippen molar-refractivity contribution < 1.29 is 4.74 Å². The van der Waals surface area contributed by atoms with E-state index < -0.39 is 0 Å². The number of rotatable bonds is 3. The van der Waals surface area contributed by atoms with Crippen LogP contribution < -0.4 is 5.32 Å². The van der Waals surface area contributed by atoms with Crippen LogP contribution in [0.25, 0.3) is 0 Å². The zero-order valence-electron chi connectivity index (χ0n) is 8.32. The van der Waals surface area contributed by atoms with Gasteiger partial charge in [-0.1, -0.05) is 11.3 Å². The van der Waals surface area contributed by atoms with E-state index in [0.717, 1.165) is 37.6 Å². The largest absolute Gasteiger partial charge is 0.381 e. The van der Waals surface area contributed by atoms with Crippen molar-refractivity contribution in [2.24, 2.45) is 0 Å². The Morgan fingerprint density at radius 3 is 2.93 bits per heavy atom. The number of nitrogens with zero attached hydrogens (tertiary/aromatic N) is 2. The van der Waals surface area contributed by atoms with Gasteiger partial charge >= 0.3 is 0 Å². The van der Waals surface area contributed by atoms with E-state index >= 15 is 0 Å². The van der Waals surface area contributed by atoms with Gasteiger partial charge in [0.2, 0.25) is 0 Å². The number of ether oxygens (including phenoxy) is 1. The molecule has 0 bridgehead atoms. The van der Waals surface area contributed by atoms with Gasteiger partial charge < -0.3 is 10.1 Å². The summed E-state index contributed by atoms with van der Waals surface area (Å²) in [6.07, 6.45) is 2.18. The summed E-state index contributed by atoms with van der Waals surface area (Å²) in [5.74, 6) is 0.576. The lowest BCUT2D eigenvalue weighted by Crippen LogP contribution is -2.13. The SMILES string of the molecule is CNCc1nnc(C2CCOCC2)s1. The molecule has 2 rings (SSSR count). The van der Waals surface area contributed by atoms with Gasteiger partial charge in [0, 0.05) is 25.7 Å². The Hall–Kier alpha value is -0.520. The molecule has 5 heteroatoms. The molecule has 4 nitrogen and oxygen atoms in total. The monoisotopic (exact) mass is 213 g/mol. The quantitative estimate of drug-likeness (QED) is 0.818. The van der Waals surface area contributed by atoms with E-state index in [-0.39, 0.29) is 0 Å². The van der Waals surface area contributed by atoms with Crippen LogP contribution in [0.5, 0.6) is 0 Å². The lowest BCUT2D eigenvalue weighted by molar-refractivity contribution is 0.0851. The predicted octanol–water partition coefficient (Wildman–Crippen LogP) is 1.15. The lowest BCUT2D eigenvalue weighted by atomic mass is 10.0. The van der Waals surface area contributed by atoms with Crippen molar-refractivity contribution in [1.82, 2.24) is 15.5 Å². The molecule has 1 aromatic rings. The smallest absolute Gasteiger partial charge is 0.131 e. The second-order valence-electron chi connectivity index (χ2n) is 3.45. The van der Waals surface area contributed by atoms with Gasteiger partial charge in [0.25, 0.3) is 0 Å². The van der Waals surface area contributed by atoms with Crippen LogP contribution in [0.3, 0.4) is 0 Å². The molecule has 1 saturated heterocycles. The minimum atomic E-state index is 0.576. The molecule has 0 aromatic carbocycles. The summed E-state index contributed by atoms with van der Waals surface area (Å²) in [4.78, 5) is 0. The van der Waals surface area contributed by atoms with Crippen molar-refractivity contribution in [2.75, 3.05) is 20.3 Å². The molecule has 1 aromatic heterocycles. The molecule has 78 valence electrons. The zero-order valence-corrected chi connectivity index (χ0v) is 9.14. The maximum Gasteiger partial charge on any atom is 0.131 e. The molecule has 0 amide bonds. The number of nitrogens with one attached hydrogen (secondary N) is 1. The minimum absolute atomic E-state index is 0.576. The summed E-state index contributed by atoms with van der Waals surface area (Å²) >= 11 is 1.72. The molecule has 0 saturated carbocycles. The van der Waals surface area contributed by atoms with E-state index in [9.17, 15) is 0 Å². The Morgan fingerprint density at radius 1 is 1.43 bits per heavy atom. The van der Waals surface area contributed by atoms with Crippen molar-refractivity contribution in [1.29, 1.82) is 0 Å². The van der Waals surface area contributed by atoms with Crippen LogP contribution in [-0.2, 0) is 11.3 Å². The third-order valence-electron chi connectivity index (χ3n) is 2.38. The molecule has 1 aliphatic rings. The van der Waals surface area contributed by atoms with Crippen LogP contribution in [0.1, 0.15) is 28.8 Å². The summed E-state index contributed by atoms with van der Waals surface area (Å²) in [6, 6.07) is 0. The average molecular weight is 213 g/mol. The van der Waals surface area contributed by atoms with Crippen molar-refractivity contribution in [2.45, 2.75) is 25.3 Å². The molecular weight excluding hydrogens is 198 g/mol. The predicted molar refractivity (Wildman–Crippen MR) is 55.5 cm³/mol. The fraction of sp³-hybridized carbons (Fsp3) is 0.778. The topological polar surface area (TPSA) is 47.0 Å². The third kappa shape index (κ3) is 2.29. The molecule has 2 heterocycles. The molecule has 1 N–H and O–H groups in total. The highest BCUT2D eigenvalue weighted by atomic mass is 32.1. The Balaban J connectivity index is 2.00. The summed E-state index contributed by atoms with van der Waals surface area (Å²) in [7, 11) is 1.93. The first-order valence-electron chi connectivity index (χ1n) is 4.95. The molecule has 1 aliphatic heterocycles. The van der Waals surface area contributed by atoms with Gasteiger partial charge in [-0.25, -0.2) is 0 Å². The molecule has 0 spiro atoms. The Bertz CT molecular complexity index is 283. The Kier molecular flexibility index (Phi) is 3.44. The molecule has 0 radical (unpaired) electrons. The zero-order chi connectivity index (χ0) is 9.80. The number of hydrogen-bond donors (Lipinski definition) is 1. The van der Waals surface area contributed by atoms with Gasteiger partial charge in [-0.15, -0.1) is 10.2 Å². The van der Waals surface area contributed by atoms with Gasteiger partial charge in [-0.05, 0) is 19.9 Å². The highest BCUT2D eigenvalue weighted by Crippen LogP contribution is 2.28. The Labute approximate surface area is 87.7 Å². The van der Waals surface area contributed by atoms with Crippen LogP contribution in [-0.4, -0.2) is 30.5 Å². The summed E-state index contributed by atoms with van der Waals surface area (Å²) in [6.45, 7) is 2.55. The molecule has 14 heavy (non-hydrogen) atoms. The Morgan fingerprint density at radius 2 is 2.21 bits per heavy atom. The van der Waals surface area contributed by atoms with E-state index in [2.05, 4.69) is 15.5 Å². The summed E-state index contributed by atoms with van der Waals surface area (Å²) in [5, 5.41) is 13.7. The first-order chi connectivity index (χ1) is 6.90. The maximum absolute atomic E-state index is 5.32. The third-order valence-corrected chi connectivity index (χ3v) is 3.47. The van der Waals surface area contributed by atoms with Crippen LogP contribution in [0.15, 0.2) is 0 Å². The van der Waals surface area contributed by atoms with Crippen LogP contribution >= 0.6 is 11.3 Å². The van der Waals surface area contributed by atoms with E-state index in [0.29, 0.717) is 5.92 Å². The molecule has 0 aliphatic carbocycles. The fourth-order valence-electron chi connectivity index (χ4n) is 1.60. The first-order valence-corrected chi connectivity index (χ1v) is 5.76. The first kappa shape index (κ1) is 10.0. The lowest BCUT2D eigenvalue weighted by Gasteiger charge is -2.18. The second-order valence-corrected chi connectivity index (χ2v) is 4.54. The average Bonchev–Trinajstić information content (AvgIpc) is 2.68. The molecule has 1 fully saturated rings. The van der Waals surface area contributed by atoms with Gasteiger partial charge in [0.05, 0.1) is 0 Å². The highest BCUT2D eigenvalue weighted by Gasteiger charge is 2.19. The molecule has 0 atom stereocenters. The second kappa shape index (κ2) is 4.82. The fourth-order valence-corrected chi connectivity index (χ4v) is 2.62. The van der Waals surface area contributed by atoms with Crippen LogP contribution in [0, 0.1) is 0 Å². The van der Waals surface area contributed by atoms with E-state index in [1.807, 2.05) is 7.05 Å². The van der Waals surface area contributed by atoms with E-state index in [4.69, 9.17) is 4.74 Å². The molecule has 0 unspecified atom stereocenters. The van der Waals surface area contributed by atoms with Crippen molar-refractivity contribution >= 4 is 11.3 Å². The standard InChI is InChI=1S/C9H15N3OS/c1-10-6-8-11-12-9(14-8)7-2-4-13-5-3-7/h7,10H,2-6H2,1H3. The minimum Gasteiger partial charge on any atom is -0.381 e. The van der Waals surface area contributed by atoms with Gasteiger partial charge in [-0.2, -0.15) is 0 Å². The van der Waals surface area contributed by atoms with Gasteiger partial charge in [0.15, 0.2) is 0 Å². The number of aromatic nitrogens is 2. The van der Waals surface area contributed by atoms with Crippen molar-refractivity contribution in [3.8, 4) is 0 Å². The summed E-state index contributed by atoms with van der Waals surface area (Å²) < 4.78 is 5.32. The normalized spacial score (nSPS) is 18.6. The van der Waals surface area contributed by atoms with Crippen LogP contribution in [0.2, 0.25) is 0 Å². The highest BCUT2D eigenvalue weighted by molar-refractivity contribution is 7.11.